The summed E-state index contributed by atoms with van der Waals surface area (Å²) >= 11 is 0. The summed E-state index contributed by atoms with van der Waals surface area (Å²) in [5.41, 5.74) is 0.209. The summed E-state index contributed by atoms with van der Waals surface area (Å²) < 4.78 is 24.8. The summed E-state index contributed by atoms with van der Waals surface area (Å²) in [6.45, 7) is 5.20. The Labute approximate surface area is 65.4 Å². The van der Waals surface area contributed by atoms with Crippen molar-refractivity contribution in [3.05, 3.63) is 0 Å². The normalized spacial score (nSPS) is 39.8. The molecule has 0 aromatic heterocycles. The second kappa shape index (κ2) is 1.76. The lowest BCUT2D eigenvalue weighted by molar-refractivity contribution is -0.109. The molecule has 0 aromatic carbocycles. The lowest BCUT2D eigenvalue weighted by Gasteiger charge is -2.37. The molecule has 1 atom stereocenters. The van der Waals surface area contributed by atoms with E-state index in [4.69, 9.17) is 0 Å². The molecule has 0 aromatic rings. The van der Waals surface area contributed by atoms with Crippen LogP contribution in [0.25, 0.3) is 0 Å². The SMILES string of the molecule is CC1(C)CN1C1CC(F)(F)C1. The maximum absolute atomic E-state index is 12.4. The van der Waals surface area contributed by atoms with Crippen molar-refractivity contribution in [2.24, 2.45) is 0 Å². The molecular formula is C8H13F2N. The zero-order valence-corrected chi connectivity index (χ0v) is 6.90. The van der Waals surface area contributed by atoms with Crippen LogP contribution < -0.4 is 0 Å². The highest BCUT2D eigenvalue weighted by Gasteiger charge is 2.56. The van der Waals surface area contributed by atoms with Crippen LogP contribution in [0.3, 0.4) is 0 Å². The van der Waals surface area contributed by atoms with E-state index in [-0.39, 0.29) is 24.4 Å². The van der Waals surface area contributed by atoms with Crippen molar-refractivity contribution in [1.29, 1.82) is 0 Å². The highest BCUT2D eigenvalue weighted by atomic mass is 19.3. The van der Waals surface area contributed by atoms with Crippen molar-refractivity contribution in [3.8, 4) is 0 Å². The molecule has 0 spiro atoms. The van der Waals surface area contributed by atoms with Gasteiger partial charge in [0.1, 0.15) is 0 Å². The number of hydrogen-bond acceptors (Lipinski definition) is 1. The molecule has 1 heterocycles. The second-order valence-corrected chi connectivity index (χ2v) is 4.36. The zero-order valence-electron chi connectivity index (χ0n) is 6.90. The summed E-state index contributed by atoms with van der Waals surface area (Å²) in [5.74, 6) is -2.36. The number of alkyl halides is 2. The van der Waals surface area contributed by atoms with Gasteiger partial charge in [-0.25, -0.2) is 8.78 Å². The molecule has 2 fully saturated rings. The fraction of sp³-hybridized carbons (Fsp3) is 1.00. The van der Waals surface area contributed by atoms with Crippen molar-refractivity contribution in [3.63, 3.8) is 0 Å². The first kappa shape index (κ1) is 7.47. The van der Waals surface area contributed by atoms with Crippen molar-refractivity contribution >= 4 is 0 Å². The molecule has 0 amide bonds. The van der Waals surface area contributed by atoms with Crippen LogP contribution in [0, 0.1) is 0 Å². The van der Waals surface area contributed by atoms with Crippen molar-refractivity contribution < 1.29 is 8.78 Å². The van der Waals surface area contributed by atoms with E-state index in [1.54, 1.807) is 0 Å². The van der Waals surface area contributed by atoms with Crippen LogP contribution in [-0.4, -0.2) is 28.9 Å². The molecule has 0 radical (unpaired) electrons. The van der Waals surface area contributed by atoms with Gasteiger partial charge in [-0.1, -0.05) is 0 Å². The van der Waals surface area contributed by atoms with E-state index in [1.807, 2.05) is 0 Å². The van der Waals surface area contributed by atoms with Gasteiger partial charge in [0.25, 0.3) is 5.92 Å². The third kappa shape index (κ3) is 1.15. The van der Waals surface area contributed by atoms with E-state index < -0.39 is 5.92 Å². The predicted molar refractivity (Wildman–Crippen MR) is 38.8 cm³/mol. The molecule has 1 nitrogen and oxygen atoms in total. The molecule has 1 aliphatic heterocycles. The molecule has 1 unspecified atom stereocenters. The zero-order chi connectivity index (χ0) is 8.28. The van der Waals surface area contributed by atoms with Gasteiger partial charge in [-0.05, 0) is 13.8 Å². The van der Waals surface area contributed by atoms with Crippen LogP contribution in [0.15, 0.2) is 0 Å². The third-order valence-corrected chi connectivity index (χ3v) is 2.74. The van der Waals surface area contributed by atoms with E-state index in [0.717, 1.165) is 6.54 Å². The average molecular weight is 161 g/mol. The van der Waals surface area contributed by atoms with E-state index in [2.05, 4.69) is 18.7 Å². The smallest absolute Gasteiger partial charge is 0.251 e. The Hall–Kier alpha value is -0.180. The first-order chi connectivity index (χ1) is 4.91. The maximum atomic E-state index is 12.4. The average Bonchev–Trinajstić information content (AvgIpc) is 2.33. The minimum atomic E-state index is -2.36. The van der Waals surface area contributed by atoms with Crippen LogP contribution >= 0.6 is 0 Å². The summed E-state index contributed by atoms with van der Waals surface area (Å²) in [4.78, 5) is 2.16. The van der Waals surface area contributed by atoms with Crippen molar-refractivity contribution in [2.75, 3.05) is 6.54 Å². The Kier molecular flexibility index (Phi) is 1.20. The first-order valence-electron chi connectivity index (χ1n) is 4.05. The van der Waals surface area contributed by atoms with E-state index in [1.165, 1.54) is 0 Å². The number of hydrogen-bond donors (Lipinski definition) is 0. The van der Waals surface area contributed by atoms with Gasteiger partial charge in [0.2, 0.25) is 0 Å². The minimum absolute atomic E-state index is 0.0798. The fourth-order valence-electron chi connectivity index (χ4n) is 1.85. The lowest BCUT2D eigenvalue weighted by Crippen LogP contribution is -2.45. The van der Waals surface area contributed by atoms with Gasteiger partial charge in [-0.3, -0.25) is 4.90 Å². The Balaban J connectivity index is 1.86. The molecule has 1 aliphatic carbocycles. The van der Waals surface area contributed by atoms with Crippen LogP contribution in [0.2, 0.25) is 0 Å². The topological polar surface area (TPSA) is 3.01 Å². The molecule has 64 valence electrons. The van der Waals surface area contributed by atoms with E-state index >= 15 is 0 Å². The molecule has 2 aliphatic rings. The van der Waals surface area contributed by atoms with Crippen LogP contribution in [0.5, 0.6) is 0 Å². The highest BCUT2D eigenvalue weighted by molar-refractivity contribution is 5.08. The number of rotatable bonds is 1. The molecule has 2 rings (SSSR count). The van der Waals surface area contributed by atoms with E-state index in [9.17, 15) is 8.78 Å². The number of halogens is 2. The largest absolute Gasteiger partial charge is 0.292 e. The third-order valence-electron chi connectivity index (χ3n) is 2.74. The second-order valence-electron chi connectivity index (χ2n) is 4.36. The fourth-order valence-corrected chi connectivity index (χ4v) is 1.85. The number of nitrogens with zero attached hydrogens (tertiary/aromatic N) is 1. The van der Waals surface area contributed by atoms with Crippen molar-refractivity contribution in [1.82, 2.24) is 4.90 Å². The van der Waals surface area contributed by atoms with Crippen LogP contribution in [0.4, 0.5) is 8.78 Å². The lowest BCUT2D eigenvalue weighted by atomic mass is 9.88. The molecule has 3 heteroatoms. The molecule has 1 saturated carbocycles. The van der Waals surface area contributed by atoms with Gasteiger partial charge < -0.3 is 0 Å². The maximum Gasteiger partial charge on any atom is 0.251 e. The molecular weight excluding hydrogens is 148 g/mol. The van der Waals surface area contributed by atoms with Crippen molar-refractivity contribution in [2.45, 2.75) is 44.2 Å². The van der Waals surface area contributed by atoms with Gasteiger partial charge in [0.15, 0.2) is 0 Å². The monoisotopic (exact) mass is 161 g/mol. The minimum Gasteiger partial charge on any atom is -0.292 e. The van der Waals surface area contributed by atoms with Gasteiger partial charge in [-0.2, -0.15) is 0 Å². The molecule has 0 bridgehead atoms. The van der Waals surface area contributed by atoms with Crippen LogP contribution in [-0.2, 0) is 0 Å². The molecule has 0 N–H and O–H groups in total. The first-order valence-corrected chi connectivity index (χ1v) is 4.05. The summed E-state index contributed by atoms with van der Waals surface area (Å²) in [6, 6.07) is 0.167. The highest BCUT2D eigenvalue weighted by Crippen LogP contribution is 2.47. The summed E-state index contributed by atoms with van der Waals surface area (Å²) in [6.07, 6.45) is 0.160. The summed E-state index contributed by atoms with van der Waals surface area (Å²) in [7, 11) is 0. The summed E-state index contributed by atoms with van der Waals surface area (Å²) in [5, 5.41) is 0. The van der Waals surface area contributed by atoms with Gasteiger partial charge in [-0.15, -0.1) is 0 Å². The van der Waals surface area contributed by atoms with Gasteiger partial charge in [0.05, 0.1) is 0 Å². The Morgan fingerprint density at radius 1 is 1.27 bits per heavy atom. The molecule has 11 heavy (non-hydrogen) atoms. The predicted octanol–water partition coefficient (Wildman–Crippen LogP) is 1.88. The Morgan fingerprint density at radius 3 is 2.00 bits per heavy atom. The quantitative estimate of drug-likeness (QED) is 0.530. The molecule has 1 saturated heterocycles. The Bertz CT molecular complexity index is 181. The van der Waals surface area contributed by atoms with Crippen LogP contribution in [0.1, 0.15) is 26.7 Å². The Morgan fingerprint density at radius 2 is 1.73 bits per heavy atom. The van der Waals surface area contributed by atoms with E-state index in [0.29, 0.717) is 0 Å². The van der Waals surface area contributed by atoms with Gasteiger partial charge >= 0.3 is 0 Å². The standard InChI is InChI=1S/C8H13F2N/c1-7(2)5-11(7)6-3-8(9,10)4-6/h6H,3-5H2,1-2H3. The van der Waals surface area contributed by atoms with Gasteiger partial charge in [0, 0.05) is 31.0 Å².